The molecule has 0 amide bonds. The molecule has 2 nitrogen and oxygen atoms in total. The quantitative estimate of drug-likeness (QED) is 0.644. The Labute approximate surface area is 87.4 Å². The first kappa shape index (κ1) is 10.4. The van der Waals surface area contributed by atoms with Crippen molar-refractivity contribution in [3.05, 3.63) is 0 Å². The van der Waals surface area contributed by atoms with Crippen molar-refractivity contribution in [3.8, 4) is 0 Å². The van der Waals surface area contributed by atoms with Crippen LogP contribution in [0.4, 0.5) is 0 Å². The van der Waals surface area contributed by atoms with Crippen molar-refractivity contribution in [1.29, 1.82) is 0 Å². The monoisotopic (exact) mass is 197 g/mol. The van der Waals surface area contributed by atoms with Gasteiger partial charge in [0.1, 0.15) is 0 Å². The van der Waals surface area contributed by atoms with Crippen molar-refractivity contribution in [3.63, 3.8) is 0 Å². The number of nitrogens with one attached hydrogen (secondary N) is 1. The summed E-state index contributed by atoms with van der Waals surface area (Å²) in [5, 5.41) is 3.60. The molecule has 2 heteroatoms. The van der Waals surface area contributed by atoms with Gasteiger partial charge in [0.2, 0.25) is 0 Å². The fourth-order valence-corrected chi connectivity index (χ4v) is 2.72. The topological polar surface area (TPSA) is 21.3 Å². The fourth-order valence-electron chi connectivity index (χ4n) is 2.72. The largest absolute Gasteiger partial charge is 0.369 e. The molecule has 1 spiro atoms. The molecular weight excluding hydrogens is 174 g/mol. The molecule has 1 saturated heterocycles. The maximum atomic E-state index is 6.24. The van der Waals surface area contributed by atoms with Crippen LogP contribution in [0, 0.1) is 0 Å². The van der Waals surface area contributed by atoms with Crippen LogP contribution >= 0.6 is 0 Å². The highest BCUT2D eigenvalue weighted by molar-refractivity contribution is 4.92. The first-order chi connectivity index (χ1) is 6.72. The molecule has 2 atom stereocenters. The Balaban J connectivity index is 2.00. The second-order valence-electron chi connectivity index (χ2n) is 5.09. The molecule has 2 unspecified atom stereocenters. The highest BCUT2D eigenvalue weighted by Crippen LogP contribution is 2.33. The summed E-state index contributed by atoms with van der Waals surface area (Å²) in [6, 6.07) is 0.517. The Bertz CT molecular complexity index is 185. The first-order valence-corrected chi connectivity index (χ1v) is 6.13. The second kappa shape index (κ2) is 4.19. The van der Waals surface area contributed by atoms with Crippen LogP contribution in [-0.4, -0.2) is 24.3 Å². The van der Waals surface area contributed by atoms with Crippen molar-refractivity contribution in [2.75, 3.05) is 6.54 Å². The third-order valence-electron chi connectivity index (χ3n) is 3.90. The van der Waals surface area contributed by atoms with Gasteiger partial charge in [-0.25, -0.2) is 0 Å². The summed E-state index contributed by atoms with van der Waals surface area (Å²) in [6.07, 6.45) is 8.39. The van der Waals surface area contributed by atoms with Gasteiger partial charge in [-0.05, 0) is 26.7 Å². The van der Waals surface area contributed by atoms with E-state index in [4.69, 9.17) is 4.74 Å². The number of morpholine rings is 1. The Morgan fingerprint density at radius 3 is 2.29 bits per heavy atom. The lowest BCUT2D eigenvalue weighted by atomic mass is 9.91. The van der Waals surface area contributed by atoms with Crippen LogP contribution in [0.2, 0.25) is 0 Å². The standard InChI is InChI=1S/C12H23NO/c1-10-11(2)14-12(9-13-10)7-5-3-4-6-8-12/h10-11,13H,3-9H2,1-2H3. The Morgan fingerprint density at radius 2 is 1.71 bits per heavy atom. The Morgan fingerprint density at radius 1 is 1.07 bits per heavy atom. The molecule has 1 aliphatic carbocycles. The zero-order chi connectivity index (χ0) is 10.0. The third kappa shape index (κ3) is 2.12. The number of hydrogen-bond donors (Lipinski definition) is 1. The molecule has 0 aromatic rings. The van der Waals surface area contributed by atoms with Crippen LogP contribution in [0.15, 0.2) is 0 Å². The molecule has 0 aromatic heterocycles. The van der Waals surface area contributed by atoms with Gasteiger partial charge in [0.05, 0.1) is 11.7 Å². The Kier molecular flexibility index (Phi) is 3.13. The molecule has 0 radical (unpaired) electrons. The predicted octanol–water partition coefficient (Wildman–Crippen LogP) is 2.48. The van der Waals surface area contributed by atoms with E-state index >= 15 is 0 Å². The van der Waals surface area contributed by atoms with Gasteiger partial charge in [-0.2, -0.15) is 0 Å². The van der Waals surface area contributed by atoms with Gasteiger partial charge in [-0.15, -0.1) is 0 Å². The zero-order valence-corrected chi connectivity index (χ0v) is 9.51. The van der Waals surface area contributed by atoms with Crippen LogP contribution in [-0.2, 0) is 4.74 Å². The van der Waals surface area contributed by atoms with Crippen molar-refractivity contribution in [2.24, 2.45) is 0 Å². The van der Waals surface area contributed by atoms with E-state index in [1.165, 1.54) is 38.5 Å². The van der Waals surface area contributed by atoms with Crippen LogP contribution in [0.3, 0.4) is 0 Å². The van der Waals surface area contributed by atoms with Gasteiger partial charge in [-0.1, -0.05) is 25.7 Å². The van der Waals surface area contributed by atoms with E-state index in [9.17, 15) is 0 Å². The summed E-state index contributed by atoms with van der Waals surface area (Å²) in [5.74, 6) is 0. The minimum absolute atomic E-state index is 0.183. The van der Waals surface area contributed by atoms with Gasteiger partial charge < -0.3 is 10.1 Å². The summed E-state index contributed by atoms with van der Waals surface area (Å²) in [4.78, 5) is 0. The molecular formula is C12H23NO. The second-order valence-corrected chi connectivity index (χ2v) is 5.09. The maximum Gasteiger partial charge on any atom is 0.0810 e. The average molecular weight is 197 g/mol. The molecule has 14 heavy (non-hydrogen) atoms. The lowest BCUT2D eigenvalue weighted by Crippen LogP contribution is -2.57. The van der Waals surface area contributed by atoms with Gasteiger partial charge in [-0.3, -0.25) is 0 Å². The number of hydrogen-bond acceptors (Lipinski definition) is 2. The third-order valence-corrected chi connectivity index (χ3v) is 3.90. The molecule has 0 bridgehead atoms. The summed E-state index contributed by atoms with van der Waals surface area (Å²) in [7, 11) is 0. The van der Waals surface area contributed by atoms with E-state index in [-0.39, 0.29) is 5.60 Å². The fraction of sp³-hybridized carbons (Fsp3) is 1.00. The highest BCUT2D eigenvalue weighted by atomic mass is 16.5. The van der Waals surface area contributed by atoms with E-state index in [0.717, 1.165) is 6.54 Å². The zero-order valence-electron chi connectivity index (χ0n) is 9.51. The normalized spacial score (nSPS) is 38.1. The van der Waals surface area contributed by atoms with E-state index in [1.807, 2.05) is 0 Å². The minimum atomic E-state index is 0.183. The molecule has 1 aliphatic heterocycles. The number of ether oxygens (including phenoxy) is 1. The van der Waals surface area contributed by atoms with Crippen molar-refractivity contribution in [2.45, 2.75) is 70.1 Å². The number of rotatable bonds is 0. The SMILES string of the molecule is CC1NCC2(CCCCCC2)OC1C. The van der Waals surface area contributed by atoms with Gasteiger partial charge in [0, 0.05) is 12.6 Å². The molecule has 0 aromatic carbocycles. The maximum absolute atomic E-state index is 6.24. The van der Waals surface area contributed by atoms with Crippen LogP contribution in [0.1, 0.15) is 52.4 Å². The van der Waals surface area contributed by atoms with E-state index < -0.39 is 0 Å². The van der Waals surface area contributed by atoms with Crippen molar-refractivity contribution in [1.82, 2.24) is 5.32 Å². The van der Waals surface area contributed by atoms with Gasteiger partial charge in [0.15, 0.2) is 0 Å². The van der Waals surface area contributed by atoms with Crippen LogP contribution < -0.4 is 5.32 Å². The van der Waals surface area contributed by atoms with Crippen LogP contribution in [0.25, 0.3) is 0 Å². The molecule has 1 heterocycles. The molecule has 82 valence electrons. The van der Waals surface area contributed by atoms with E-state index in [2.05, 4.69) is 19.2 Å². The first-order valence-electron chi connectivity index (χ1n) is 6.13. The van der Waals surface area contributed by atoms with Crippen molar-refractivity contribution >= 4 is 0 Å². The van der Waals surface area contributed by atoms with Crippen LogP contribution in [0.5, 0.6) is 0 Å². The predicted molar refractivity (Wildman–Crippen MR) is 58.4 cm³/mol. The molecule has 2 aliphatic rings. The summed E-state index contributed by atoms with van der Waals surface area (Å²) in [5.41, 5.74) is 0.183. The summed E-state index contributed by atoms with van der Waals surface area (Å²) >= 11 is 0. The lowest BCUT2D eigenvalue weighted by molar-refractivity contribution is -0.132. The Hall–Kier alpha value is -0.0800. The molecule has 1 saturated carbocycles. The van der Waals surface area contributed by atoms with E-state index in [0.29, 0.717) is 12.1 Å². The molecule has 2 fully saturated rings. The van der Waals surface area contributed by atoms with Gasteiger partial charge >= 0.3 is 0 Å². The lowest BCUT2D eigenvalue weighted by Gasteiger charge is -2.43. The van der Waals surface area contributed by atoms with E-state index in [1.54, 1.807) is 0 Å². The molecule has 2 rings (SSSR count). The minimum Gasteiger partial charge on any atom is -0.369 e. The summed E-state index contributed by atoms with van der Waals surface area (Å²) < 4.78 is 6.24. The van der Waals surface area contributed by atoms with Crippen molar-refractivity contribution < 1.29 is 4.74 Å². The van der Waals surface area contributed by atoms with Gasteiger partial charge in [0.25, 0.3) is 0 Å². The smallest absolute Gasteiger partial charge is 0.0810 e. The summed E-state index contributed by atoms with van der Waals surface area (Å²) in [6.45, 7) is 5.48. The highest BCUT2D eigenvalue weighted by Gasteiger charge is 2.38. The average Bonchev–Trinajstić information content (AvgIpc) is 2.39. The molecule has 1 N–H and O–H groups in total.